The summed E-state index contributed by atoms with van der Waals surface area (Å²) in [5, 5.41) is 2.25. The van der Waals surface area contributed by atoms with Gasteiger partial charge in [-0.15, -0.1) is 0 Å². The first-order chi connectivity index (χ1) is 23.9. The van der Waals surface area contributed by atoms with Crippen LogP contribution in [0.2, 0.25) is 0 Å². The highest BCUT2D eigenvalue weighted by Gasteiger charge is 2.47. The summed E-state index contributed by atoms with van der Waals surface area (Å²) >= 11 is 0. The molecule has 8 nitrogen and oxygen atoms in total. The molecule has 248 valence electrons. The lowest BCUT2D eigenvalue weighted by Crippen LogP contribution is -2.28. The SMILES string of the molecule is C=CC(=O)OCCOc1ccc(C2(c3ccc(OCCOC(=O)C=C)cc3)c3cc(OC)c(OC)cc3-c3c2ccc2ccccc32)cc1. The van der Waals surface area contributed by atoms with Crippen LogP contribution in [0.1, 0.15) is 22.3 Å². The van der Waals surface area contributed by atoms with E-state index >= 15 is 0 Å². The molecule has 0 bridgehead atoms. The van der Waals surface area contributed by atoms with E-state index < -0.39 is 17.4 Å². The van der Waals surface area contributed by atoms with Crippen LogP contribution in [0.4, 0.5) is 0 Å². The van der Waals surface area contributed by atoms with Crippen molar-refractivity contribution in [2.75, 3.05) is 40.6 Å². The molecule has 0 radical (unpaired) electrons. The molecule has 5 aromatic carbocycles. The van der Waals surface area contributed by atoms with Crippen molar-refractivity contribution in [2.45, 2.75) is 5.41 Å². The van der Waals surface area contributed by atoms with Crippen molar-refractivity contribution in [3.05, 3.63) is 145 Å². The number of esters is 2. The molecule has 0 saturated heterocycles. The molecule has 0 fully saturated rings. The standard InChI is InChI=1S/C41H36O8/c1-5-38(42)48-23-21-46-30-16-12-28(13-17-30)41(29-14-18-31(19-15-29)47-22-24-49-39(43)6-2)34-20-11-27-9-7-8-10-32(27)40(34)33-25-36(44-3)37(45-4)26-35(33)41/h5-20,25-26H,1-2,21-24H2,3-4H3. The van der Waals surface area contributed by atoms with Crippen LogP contribution in [0.25, 0.3) is 21.9 Å². The van der Waals surface area contributed by atoms with E-state index in [2.05, 4.69) is 79.9 Å². The Labute approximate surface area is 285 Å². The highest BCUT2D eigenvalue weighted by Crippen LogP contribution is 2.59. The quantitative estimate of drug-likeness (QED) is 0.0680. The van der Waals surface area contributed by atoms with Gasteiger partial charge in [0.25, 0.3) is 0 Å². The maximum absolute atomic E-state index is 11.4. The van der Waals surface area contributed by atoms with Crippen molar-refractivity contribution in [3.8, 4) is 34.1 Å². The lowest BCUT2D eigenvalue weighted by molar-refractivity contribution is -0.139. The molecule has 0 heterocycles. The van der Waals surface area contributed by atoms with Crippen molar-refractivity contribution in [3.63, 3.8) is 0 Å². The van der Waals surface area contributed by atoms with E-state index in [0.29, 0.717) is 23.0 Å². The third-order valence-corrected chi connectivity index (χ3v) is 8.63. The van der Waals surface area contributed by atoms with Crippen LogP contribution < -0.4 is 18.9 Å². The third kappa shape index (κ3) is 6.21. The van der Waals surface area contributed by atoms with E-state index in [-0.39, 0.29) is 26.4 Å². The fraction of sp³-hybridized carbons (Fsp3) is 0.171. The molecular formula is C41H36O8. The van der Waals surface area contributed by atoms with Crippen LogP contribution in [0.15, 0.2) is 122 Å². The van der Waals surface area contributed by atoms with Gasteiger partial charge in [0.05, 0.1) is 19.6 Å². The van der Waals surface area contributed by atoms with Gasteiger partial charge < -0.3 is 28.4 Å². The fourth-order valence-electron chi connectivity index (χ4n) is 6.53. The maximum atomic E-state index is 11.4. The number of rotatable bonds is 14. The summed E-state index contributed by atoms with van der Waals surface area (Å²) in [4.78, 5) is 22.9. The van der Waals surface area contributed by atoms with Gasteiger partial charge in [0, 0.05) is 12.2 Å². The van der Waals surface area contributed by atoms with Crippen molar-refractivity contribution in [2.24, 2.45) is 0 Å². The number of fused-ring (bicyclic) bond motifs is 5. The van der Waals surface area contributed by atoms with Crippen LogP contribution in [0, 0.1) is 0 Å². The monoisotopic (exact) mass is 656 g/mol. The highest BCUT2D eigenvalue weighted by molar-refractivity contribution is 6.04. The molecule has 8 heteroatoms. The zero-order chi connectivity index (χ0) is 34.4. The Morgan fingerprint density at radius 3 is 1.69 bits per heavy atom. The second-order valence-corrected chi connectivity index (χ2v) is 11.2. The third-order valence-electron chi connectivity index (χ3n) is 8.63. The summed E-state index contributed by atoms with van der Waals surface area (Å²) in [6, 6.07) is 32.8. The first kappa shape index (κ1) is 32.9. The molecular weight excluding hydrogens is 620 g/mol. The fourth-order valence-corrected chi connectivity index (χ4v) is 6.53. The summed E-state index contributed by atoms with van der Waals surface area (Å²) in [5.74, 6) is 1.54. The first-order valence-electron chi connectivity index (χ1n) is 15.8. The van der Waals surface area contributed by atoms with E-state index in [0.717, 1.165) is 56.3 Å². The second kappa shape index (κ2) is 14.4. The molecule has 0 amide bonds. The van der Waals surface area contributed by atoms with Gasteiger partial charge in [-0.2, -0.15) is 0 Å². The van der Waals surface area contributed by atoms with E-state index in [4.69, 9.17) is 28.4 Å². The number of benzene rings is 5. The van der Waals surface area contributed by atoms with Gasteiger partial charge in [-0.25, -0.2) is 9.59 Å². The molecule has 0 saturated carbocycles. The van der Waals surface area contributed by atoms with Crippen molar-refractivity contribution < 1.29 is 38.0 Å². The molecule has 49 heavy (non-hydrogen) atoms. The summed E-state index contributed by atoms with van der Waals surface area (Å²) in [7, 11) is 3.28. The Morgan fingerprint density at radius 2 is 1.16 bits per heavy atom. The Bertz CT molecular complexity index is 1940. The van der Waals surface area contributed by atoms with Crippen LogP contribution in [0.5, 0.6) is 23.0 Å². The summed E-state index contributed by atoms with van der Waals surface area (Å²) < 4.78 is 33.6. The first-order valence-corrected chi connectivity index (χ1v) is 15.8. The Balaban J connectivity index is 1.49. The largest absolute Gasteiger partial charge is 0.493 e. The van der Waals surface area contributed by atoms with Gasteiger partial charge in [0.2, 0.25) is 0 Å². The van der Waals surface area contributed by atoms with E-state index in [1.165, 1.54) is 0 Å². The lowest BCUT2D eigenvalue weighted by atomic mass is 9.67. The van der Waals surface area contributed by atoms with Gasteiger partial charge in [0.1, 0.15) is 37.9 Å². The van der Waals surface area contributed by atoms with Crippen molar-refractivity contribution in [1.29, 1.82) is 0 Å². The predicted octanol–water partition coefficient (Wildman–Crippen LogP) is 7.44. The highest BCUT2D eigenvalue weighted by atomic mass is 16.6. The predicted molar refractivity (Wildman–Crippen MR) is 188 cm³/mol. The molecule has 0 spiro atoms. The van der Waals surface area contributed by atoms with Gasteiger partial charge in [-0.3, -0.25) is 0 Å². The molecule has 0 atom stereocenters. The maximum Gasteiger partial charge on any atom is 0.330 e. The zero-order valence-corrected chi connectivity index (χ0v) is 27.4. The molecule has 0 unspecified atom stereocenters. The minimum atomic E-state index is -0.774. The van der Waals surface area contributed by atoms with Gasteiger partial charge in [-0.05, 0) is 80.6 Å². The van der Waals surface area contributed by atoms with E-state index in [1.807, 2.05) is 30.3 Å². The van der Waals surface area contributed by atoms with Crippen LogP contribution in [0.3, 0.4) is 0 Å². The average molecular weight is 657 g/mol. The molecule has 5 aromatic rings. The minimum Gasteiger partial charge on any atom is -0.493 e. The molecule has 0 aromatic heterocycles. The lowest BCUT2D eigenvalue weighted by Gasteiger charge is -2.34. The zero-order valence-electron chi connectivity index (χ0n) is 27.4. The van der Waals surface area contributed by atoms with Gasteiger partial charge in [0.15, 0.2) is 11.5 Å². The topological polar surface area (TPSA) is 89.5 Å². The second-order valence-electron chi connectivity index (χ2n) is 11.2. The van der Waals surface area contributed by atoms with Crippen LogP contribution in [-0.4, -0.2) is 52.6 Å². The molecule has 0 aliphatic heterocycles. The molecule has 1 aliphatic carbocycles. The number of carbonyl (C=O) groups excluding carboxylic acids is 2. The number of methoxy groups -OCH3 is 2. The van der Waals surface area contributed by atoms with Crippen LogP contribution >= 0.6 is 0 Å². The Hall–Kier alpha value is -6.02. The number of hydrogen-bond acceptors (Lipinski definition) is 8. The minimum absolute atomic E-state index is 0.108. The summed E-state index contributed by atoms with van der Waals surface area (Å²) in [5.41, 5.74) is 5.53. The summed E-state index contributed by atoms with van der Waals surface area (Å²) in [6.07, 6.45) is 2.25. The molecule has 1 aliphatic rings. The molecule has 0 N–H and O–H groups in total. The van der Waals surface area contributed by atoms with Crippen LogP contribution in [-0.2, 0) is 24.5 Å². The number of ether oxygens (including phenoxy) is 6. The number of hydrogen-bond donors (Lipinski definition) is 0. The normalized spacial score (nSPS) is 12.3. The van der Waals surface area contributed by atoms with Crippen molar-refractivity contribution >= 4 is 22.7 Å². The smallest absolute Gasteiger partial charge is 0.330 e. The molecule has 6 rings (SSSR count). The van der Waals surface area contributed by atoms with E-state index in [1.54, 1.807) is 14.2 Å². The Morgan fingerprint density at radius 1 is 0.633 bits per heavy atom. The van der Waals surface area contributed by atoms with E-state index in [9.17, 15) is 9.59 Å². The van der Waals surface area contributed by atoms with Gasteiger partial charge in [-0.1, -0.05) is 73.8 Å². The summed E-state index contributed by atoms with van der Waals surface area (Å²) in [6.45, 7) is 7.46. The van der Waals surface area contributed by atoms with Crippen molar-refractivity contribution in [1.82, 2.24) is 0 Å². The van der Waals surface area contributed by atoms with Gasteiger partial charge >= 0.3 is 11.9 Å². The Kier molecular flexibility index (Phi) is 9.67. The average Bonchev–Trinajstić information content (AvgIpc) is 3.45. The number of carbonyl (C=O) groups is 2.